The van der Waals surface area contributed by atoms with Crippen molar-refractivity contribution in [2.45, 2.75) is 45.4 Å². The van der Waals surface area contributed by atoms with Crippen LogP contribution >= 0.6 is 24.0 Å². The Bertz CT molecular complexity index is 485. The van der Waals surface area contributed by atoms with Gasteiger partial charge in [0.2, 0.25) is 5.91 Å². The molecule has 1 saturated carbocycles. The van der Waals surface area contributed by atoms with Gasteiger partial charge in [-0.3, -0.25) is 14.7 Å². The number of unbranched alkanes of at least 4 members (excludes halogenated alkanes) is 1. The van der Waals surface area contributed by atoms with Crippen LogP contribution in [0.3, 0.4) is 0 Å². The maximum atomic E-state index is 12.5. The first-order valence-corrected chi connectivity index (χ1v) is 10.8. The second-order valence-corrected chi connectivity index (χ2v) is 7.74. The SMILES string of the molecule is C=CCCCN(C)C(=NCCN1CCN(C(=O)C2CCCC2)CC1)NCC.I. The number of halogens is 1. The molecule has 2 aliphatic rings. The van der Waals surface area contributed by atoms with Crippen LogP contribution in [-0.2, 0) is 4.79 Å². The first-order valence-electron chi connectivity index (χ1n) is 10.8. The Morgan fingerprint density at radius 3 is 2.54 bits per heavy atom. The Morgan fingerprint density at radius 2 is 1.93 bits per heavy atom. The Labute approximate surface area is 188 Å². The quantitative estimate of drug-likeness (QED) is 0.172. The van der Waals surface area contributed by atoms with E-state index in [2.05, 4.69) is 40.6 Å². The zero-order valence-corrected chi connectivity index (χ0v) is 20.2. The summed E-state index contributed by atoms with van der Waals surface area (Å²) in [4.78, 5) is 24.0. The molecule has 1 N–H and O–H groups in total. The number of amides is 1. The minimum Gasteiger partial charge on any atom is -0.357 e. The van der Waals surface area contributed by atoms with Crippen LogP contribution in [0.25, 0.3) is 0 Å². The number of nitrogens with one attached hydrogen (secondary N) is 1. The minimum absolute atomic E-state index is 0. The lowest BCUT2D eigenvalue weighted by molar-refractivity contribution is -0.137. The standard InChI is InChI=1S/C21H39N5O.HI/c1-4-6-9-13-24(3)21(22-5-2)23-12-14-25-15-17-26(18-16-25)20(27)19-10-7-8-11-19;/h4,19H,1,5-18H2,2-3H3,(H,22,23);1H. The van der Waals surface area contributed by atoms with Crippen LogP contribution in [0.2, 0.25) is 0 Å². The fraction of sp³-hybridized carbons (Fsp3) is 0.810. The molecule has 1 aliphatic carbocycles. The van der Waals surface area contributed by atoms with Crippen LogP contribution < -0.4 is 5.32 Å². The number of carbonyl (C=O) groups is 1. The number of rotatable bonds is 9. The number of allylic oxidation sites excluding steroid dienone is 1. The van der Waals surface area contributed by atoms with Gasteiger partial charge in [0.15, 0.2) is 5.96 Å². The van der Waals surface area contributed by atoms with E-state index < -0.39 is 0 Å². The van der Waals surface area contributed by atoms with Gasteiger partial charge in [0.25, 0.3) is 0 Å². The summed E-state index contributed by atoms with van der Waals surface area (Å²) < 4.78 is 0. The van der Waals surface area contributed by atoms with E-state index in [0.29, 0.717) is 11.8 Å². The van der Waals surface area contributed by atoms with Gasteiger partial charge in [-0.2, -0.15) is 0 Å². The van der Waals surface area contributed by atoms with E-state index in [1.54, 1.807) is 0 Å². The van der Waals surface area contributed by atoms with Crippen molar-refractivity contribution in [1.82, 2.24) is 20.0 Å². The van der Waals surface area contributed by atoms with E-state index in [1.807, 2.05) is 6.08 Å². The summed E-state index contributed by atoms with van der Waals surface area (Å²) in [6.45, 7) is 13.2. The highest BCUT2D eigenvalue weighted by Gasteiger charge is 2.29. The van der Waals surface area contributed by atoms with Crippen LogP contribution in [0.15, 0.2) is 17.6 Å². The largest absolute Gasteiger partial charge is 0.357 e. The van der Waals surface area contributed by atoms with Gasteiger partial charge in [-0.25, -0.2) is 0 Å². The normalized spacial score (nSPS) is 18.6. The van der Waals surface area contributed by atoms with Crippen LogP contribution in [0.4, 0.5) is 0 Å². The van der Waals surface area contributed by atoms with Crippen molar-refractivity contribution < 1.29 is 4.79 Å². The third kappa shape index (κ3) is 8.27. The van der Waals surface area contributed by atoms with Gasteiger partial charge in [-0.15, -0.1) is 30.6 Å². The number of guanidine groups is 1. The summed E-state index contributed by atoms with van der Waals surface area (Å²) >= 11 is 0. The molecule has 0 unspecified atom stereocenters. The number of hydrogen-bond acceptors (Lipinski definition) is 3. The molecule has 1 heterocycles. The van der Waals surface area contributed by atoms with Crippen molar-refractivity contribution in [3.63, 3.8) is 0 Å². The molecule has 28 heavy (non-hydrogen) atoms. The minimum atomic E-state index is 0. The zero-order chi connectivity index (χ0) is 19.5. The van der Waals surface area contributed by atoms with Crippen LogP contribution in [0, 0.1) is 5.92 Å². The average Bonchev–Trinajstić information content (AvgIpc) is 3.22. The predicted octanol–water partition coefficient (Wildman–Crippen LogP) is 2.80. The molecule has 0 atom stereocenters. The Balaban J connectivity index is 0.00000392. The molecule has 1 saturated heterocycles. The number of hydrogen-bond donors (Lipinski definition) is 1. The maximum Gasteiger partial charge on any atom is 0.225 e. The fourth-order valence-electron chi connectivity index (χ4n) is 3.97. The van der Waals surface area contributed by atoms with Crippen LogP contribution in [0.5, 0.6) is 0 Å². The van der Waals surface area contributed by atoms with Crippen LogP contribution in [0.1, 0.15) is 45.4 Å². The Morgan fingerprint density at radius 1 is 1.25 bits per heavy atom. The van der Waals surface area contributed by atoms with Gasteiger partial charge in [0.05, 0.1) is 6.54 Å². The Hall–Kier alpha value is -0.830. The number of piperazine rings is 1. The molecule has 162 valence electrons. The molecule has 1 aliphatic heterocycles. The number of aliphatic imine (C=N–C) groups is 1. The first kappa shape index (κ1) is 25.2. The van der Waals surface area contributed by atoms with Gasteiger partial charge in [0.1, 0.15) is 0 Å². The third-order valence-corrected chi connectivity index (χ3v) is 5.66. The van der Waals surface area contributed by atoms with Crippen molar-refractivity contribution in [1.29, 1.82) is 0 Å². The predicted molar refractivity (Wildman–Crippen MR) is 128 cm³/mol. The second kappa shape index (κ2) is 14.2. The zero-order valence-electron chi connectivity index (χ0n) is 17.9. The highest BCUT2D eigenvalue weighted by Crippen LogP contribution is 2.26. The number of carbonyl (C=O) groups excluding carboxylic acids is 1. The van der Waals surface area contributed by atoms with E-state index in [4.69, 9.17) is 4.99 Å². The molecular weight excluding hydrogens is 465 g/mol. The van der Waals surface area contributed by atoms with Gasteiger partial charge in [-0.05, 0) is 32.6 Å². The van der Waals surface area contributed by atoms with Crippen molar-refractivity contribution in [2.24, 2.45) is 10.9 Å². The van der Waals surface area contributed by atoms with E-state index in [1.165, 1.54) is 12.8 Å². The summed E-state index contributed by atoms with van der Waals surface area (Å²) in [6.07, 6.45) is 8.75. The molecule has 0 aromatic carbocycles. The Kier molecular flexibility index (Phi) is 12.8. The summed E-state index contributed by atoms with van der Waals surface area (Å²) in [5, 5.41) is 3.38. The molecule has 1 amide bonds. The van der Waals surface area contributed by atoms with E-state index >= 15 is 0 Å². The molecule has 0 bridgehead atoms. The van der Waals surface area contributed by atoms with Crippen molar-refractivity contribution in [3.8, 4) is 0 Å². The molecule has 2 rings (SSSR count). The van der Waals surface area contributed by atoms with Crippen molar-refractivity contribution in [2.75, 3.05) is 59.4 Å². The molecule has 0 aromatic rings. The van der Waals surface area contributed by atoms with Crippen LogP contribution in [-0.4, -0.2) is 86.0 Å². The number of nitrogens with zero attached hydrogens (tertiary/aromatic N) is 4. The van der Waals surface area contributed by atoms with Crippen molar-refractivity contribution >= 4 is 35.8 Å². The monoisotopic (exact) mass is 505 g/mol. The molecule has 0 aromatic heterocycles. The molecule has 6 nitrogen and oxygen atoms in total. The lowest BCUT2D eigenvalue weighted by Gasteiger charge is -2.35. The summed E-state index contributed by atoms with van der Waals surface area (Å²) in [7, 11) is 2.10. The molecular formula is C21H40IN5O. The van der Waals surface area contributed by atoms with Gasteiger partial charge < -0.3 is 15.1 Å². The second-order valence-electron chi connectivity index (χ2n) is 7.74. The van der Waals surface area contributed by atoms with E-state index in [0.717, 1.165) is 84.0 Å². The van der Waals surface area contributed by atoms with E-state index in [9.17, 15) is 4.79 Å². The molecule has 7 heteroatoms. The molecule has 2 fully saturated rings. The van der Waals surface area contributed by atoms with Gasteiger partial charge in [-0.1, -0.05) is 18.9 Å². The smallest absolute Gasteiger partial charge is 0.225 e. The summed E-state index contributed by atoms with van der Waals surface area (Å²) in [5.74, 6) is 1.69. The summed E-state index contributed by atoms with van der Waals surface area (Å²) in [5.41, 5.74) is 0. The fourth-order valence-corrected chi connectivity index (χ4v) is 3.97. The third-order valence-electron chi connectivity index (χ3n) is 5.66. The summed E-state index contributed by atoms with van der Waals surface area (Å²) in [6, 6.07) is 0. The van der Waals surface area contributed by atoms with Gasteiger partial charge in [0, 0.05) is 58.8 Å². The maximum absolute atomic E-state index is 12.5. The first-order chi connectivity index (χ1) is 13.2. The molecule has 0 spiro atoms. The van der Waals surface area contributed by atoms with Gasteiger partial charge >= 0.3 is 0 Å². The van der Waals surface area contributed by atoms with Crippen molar-refractivity contribution in [3.05, 3.63) is 12.7 Å². The average molecular weight is 505 g/mol. The lowest BCUT2D eigenvalue weighted by Crippen LogP contribution is -2.50. The van der Waals surface area contributed by atoms with E-state index in [-0.39, 0.29) is 24.0 Å². The topological polar surface area (TPSA) is 51.2 Å². The molecule has 0 radical (unpaired) electrons. The lowest BCUT2D eigenvalue weighted by atomic mass is 10.1. The highest BCUT2D eigenvalue weighted by atomic mass is 127. The highest BCUT2D eigenvalue weighted by molar-refractivity contribution is 14.0.